The number of carbonyl (C=O) groups is 1. The van der Waals surface area contributed by atoms with E-state index in [0.29, 0.717) is 12.6 Å². The van der Waals surface area contributed by atoms with Crippen LogP contribution >= 0.6 is 0 Å². The Kier molecular flexibility index (Phi) is 4.46. The molecule has 0 spiro atoms. The summed E-state index contributed by atoms with van der Waals surface area (Å²) in [5.74, 6) is 0.436. The Labute approximate surface area is 116 Å². The molecule has 1 atom stereocenters. The zero-order valence-electron chi connectivity index (χ0n) is 12.1. The first-order chi connectivity index (χ1) is 9.03. The molecule has 0 aromatic heterocycles. The number of hydrogen-bond acceptors (Lipinski definition) is 3. The van der Waals surface area contributed by atoms with Gasteiger partial charge in [0.05, 0.1) is 12.6 Å². The molecule has 4 heteroatoms. The van der Waals surface area contributed by atoms with E-state index in [1.807, 2.05) is 0 Å². The minimum Gasteiger partial charge on any atom is -0.353 e. The number of likely N-dealkylation sites (tertiary alicyclic amines) is 1. The summed E-state index contributed by atoms with van der Waals surface area (Å²) in [6.07, 6.45) is 5.31. The highest BCUT2D eigenvalue weighted by molar-refractivity contribution is 5.80. The maximum Gasteiger partial charge on any atom is 0.223 e. The van der Waals surface area contributed by atoms with Gasteiger partial charge in [0.25, 0.3) is 0 Å². The van der Waals surface area contributed by atoms with E-state index in [-0.39, 0.29) is 17.2 Å². The van der Waals surface area contributed by atoms with Crippen molar-refractivity contribution in [2.45, 2.75) is 52.0 Å². The van der Waals surface area contributed by atoms with Crippen LogP contribution in [0.4, 0.5) is 0 Å². The van der Waals surface area contributed by atoms with E-state index in [1.165, 1.54) is 6.42 Å². The van der Waals surface area contributed by atoms with Gasteiger partial charge in [0.1, 0.15) is 0 Å². The van der Waals surface area contributed by atoms with Crippen LogP contribution < -0.4 is 5.32 Å². The van der Waals surface area contributed by atoms with E-state index < -0.39 is 0 Å². The van der Waals surface area contributed by atoms with Gasteiger partial charge in [-0.05, 0) is 31.1 Å². The van der Waals surface area contributed by atoms with Gasteiger partial charge in [-0.2, -0.15) is 5.26 Å². The summed E-state index contributed by atoms with van der Waals surface area (Å²) in [6.45, 7) is 6.77. The Morgan fingerprint density at radius 1 is 1.37 bits per heavy atom. The molecule has 4 nitrogen and oxygen atoms in total. The topological polar surface area (TPSA) is 56.1 Å². The summed E-state index contributed by atoms with van der Waals surface area (Å²) in [6, 6.07) is 2.49. The number of piperidine rings is 1. The molecule has 1 saturated carbocycles. The van der Waals surface area contributed by atoms with Gasteiger partial charge in [-0.15, -0.1) is 0 Å². The lowest BCUT2D eigenvalue weighted by molar-refractivity contribution is -0.128. The number of amides is 1. The number of nitrogens with zero attached hydrogens (tertiary/aromatic N) is 2. The average molecular weight is 263 g/mol. The second kappa shape index (κ2) is 5.92. The minimum absolute atomic E-state index is 0.158. The van der Waals surface area contributed by atoms with Crippen molar-refractivity contribution in [2.24, 2.45) is 11.3 Å². The summed E-state index contributed by atoms with van der Waals surface area (Å²) >= 11 is 0. The van der Waals surface area contributed by atoms with Crippen molar-refractivity contribution in [2.75, 3.05) is 19.6 Å². The van der Waals surface area contributed by atoms with Crippen LogP contribution in [0.5, 0.6) is 0 Å². The molecular weight excluding hydrogens is 238 g/mol. The second-order valence-corrected chi connectivity index (χ2v) is 6.65. The fourth-order valence-corrected chi connectivity index (χ4v) is 3.45. The predicted molar refractivity (Wildman–Crippen MR) is 74.3 cm³/mol. The summed E-state index contributed by atoms with van der Waals surface area (Å²) < 4.78 is 0. The van der Waals surface area contributed by atoms with Crippen LogP contribution in [0.1, 0.15) is 46.0 Å². The van der Waals surface area contributed by atoms with Crippen LogP contribution in [-0.2, 0) is 4.79 Å². The predicted octanol–water partition coefficient (Wildman–Crippen LogP) is 1.92. The van der Waals surface area contributed by atoms with Gasteiger partial charge in [-0.25, -0.2) is 0 Å². The number of nitrogens with one attached hydrogen (secondary N) is 1. The normalized spacial score (nSPS) is 27.9. The monoisotopic (exact) mass is 263 g/mol. The molecule has 0 radical (unpaired) electrons. The Hall–Kier alpha value is -1.08. The first kappa shape index (κ1) is 14.3. The molecule has 2 aliphatic rings. The molecular formula is C15H25N3O. The molecule has 1 unspecified atom stereocenters. The smallest absolute Gasteiger partial charge is 0.223 e. The van der Waals surface area contributed by atoms with Gasteiger partial charge < -0.3 is 5.32 Å². The van der Waals surface area contributed by atoms with Gasteiger partial charge in [0.15, 0.2) is 0 Å². The molecule has 2 fully saturated rings. The van der Waals surface area contributed by atoms with Crippen LogP contribution in [0.2, 0.25) is 0 Å². The standard InChI is InChI=1S/C15H25N3O/c1-15(2)7-3-4-13(15)14(19)17-12-5-9-18(10-6-12)11-8-16/h12-13H,3-7,9-11H2,1-2H3,(H,17,19). The maximum atomic E-state index is 12.4. The quantitative estimate of drug-likeness (QED) is 0.791. The summed E-state index contributed by atoms with van der Waals surface area (Å²) in [5.41, 5.74) is 0.158. The summed E-state index contributed by atoms with van der Waals surface area (Å²) in [5, 5.41) is 11.9. The van der Waals surface area contributed by atoms with Crippen LogP contribution in [0.15, 0.2) is 0 Å². The van der Waals surface area contributed by atoms with Crippen molar-refractivity contribution in [3.05, 3.63) is 0 Å². The summed E-state index contributed by atoms with van der Waals surface area (Å²) in [4.78, 5) is 14.5. The molecule has 106 valence electrons. The Morgan fingerprint density at radius 2 is 2.05 bits per heavy atom. The second-order valence-electron chi connectivity index (χ2n) is 6.65. The lowest BCUT2D eigenvalue weighted by Gasteiger charge is -2.33. The largest absolute Gasteiger partial charge is 0.353 e. The molecule has 0 aromatic rings. The number of nitriles is 1. The molecule has 1 amide bonds. The van der Waals surface area contributed by atoms with E-state index >= 15 is 0 Å². The fourth-order valence-electron chi connectivity index (χ4n) is 3.45. The lowest BCUT2D eigenvalue weighted by atomic mass is 9.81. The molecule has 1 N–H and O–H groups in total. The molecule has 19 heavy (non-hydrogen) atoms. The SMILES string of the molecule is CC1(C)CCCC1C(=O)NC1CCN(CC#N)CC1. The molecule has 1 heterocycles. The highest BCUT2D eigenvalue weighted by atomic mass is 16.2. The van der Waals surface area contributed by atoms with E-state index in [9.17, 15) is 4.79 Å². The van der Waals surface area contributed by atoms with Gasteiger partial charge in [0, 0.05) is 25.0 Å². The maximum absolute atomic E-state index is 12.4. The molecule has 2 rings (SSSR count). The number of carbonyl (C=O) groups excluding carboxylic acids is 1. The molecule has 1 aliphatic heterocycles. The van der Waals surface area contributed by atoms with Crippen LogP contribution in [0, 0.1) is 22.7 Å². The number of rotatable bonds is 3. The lowest BCUT2D eigenvalue weighted by Crippen LogP contribution is -2.47. The third-order valence-corrected chi connectivity index (χ3v) is 4.80. The van der Waals surface area contributed by atoms with Crippen molar-refractivity contribution in [3.63, 3.8) is 0 Å². The molecule has 0 bridgehead atoms. The highest BCUT2D eigenvalue weighted by Gasteiger charge is 2.39. The van der Waals surface area contributed by atoms with Crippen molar-refractivity contribution in [1.82, 2.24) is 10.2 Å². The van der Waals surface area contributed by atoms with E-state index in [4.69, 9.17) is 5.26 Å². The van der Waals surface area contributed by atoms with Gasteiger partial charge in [-0.3, -0.25) is 9.69 Å². The van der Waals surface area contributed by atoms with Crippen LogP contribution in [0.3, 0.4) is 0 Å². The molecule has 1 saturated heterocycles. The average Bonchev–Trinajstić information content (AvgIpc) is 2.72. The third-order valence-electron chi connectivity index (χ3n) is 4.80. The molecule has 1 aliphatic carbocycles. The fraction of sp³-hybridized carbons (Fsp3) is 0.867. The van der Waals surface area contributed by atoms with Crippen LogP contribution in [0.25, 0.3) is 0 Å². The molecule has 0 aromatic carbocycles. The minimum atomic E-state index is 0.158. The van der Waals surface area contributed by atoms with E-state index in [1.54, 1.807) is 0 Å². The first-order valence-corrected chi connectivity index (χ1v) is 7.42. The first-order valence-electron chi connectivity index (χ1n) is 7.42. The zero-order valence-corrected chi connectivity index (χ0v) is 12.1. The number of hydrogen-bond donors (Lipinski definition) is 1. The third kappa shape index (κ3) is 3.48. The Balaban J connectivity index is 1.80. The van der Waals surface area contributed by atoms with Gasteiger partial charge in [0.2, 0.25) is 5.91 Å². The Morgan fingerprint density at radius 3 is 2.58 bits per heavy atom. The Bertz CT molecular complexity index is 364. The van der Waals surface area contributed by atoms with Crippen molar-refractivity contribution >= 4 is 5.91 Å². The summed E-state index contributed by atoms with van der Waals surface area (Å²) in [7, 11) is 0. The van der Waals surface area contributed by atoms with Gasteiger partial charge in [-0.1, -0.05) is 20.3 Å². The van der Waals surface area contributed by atoms with E-state index in [2.05, 4.69) is 30.1 Å². The van der Waals surface area contributed by atoms with Gasteiger partial charge >= 0.3 is 0 Å². The van der Waals surface area contributed by atoms with E-state index in [0.717, 1.165) is 38.8 Å². The van der Waals surface area contributed by atoms with Crippen LogP contribution in [-0.4, -0.2) is 36.5 Å². The zero-order chi connectivity index (χ0) is 13.9. The van der Waals surface area contributed by atoms with Crippen molar-refractivity contribution < 1.29 is 4.79 Å². The van der Waals surface area contributed by atoms with Crippen molar-refractivity contribution in [1.29, 1.82) is 5.26 Å². The highest BCUT2D eigenvalue weighted by Crippen LogP contribution is 2.42. The van der Waals surface area contributed by atoms with Crippen molar-refractivity contribution in [3.8, 4) is 6.07 Å².